The third-order valence-corrected chi connectivity index (χ3v) is 5.75. The van der Waals surface area contributed by atoms with Crippen LogP contribution < -0.4 is 10.6 Å². The summed E-state index contributed by atoms with van der Waals surface area (Å²) in [5.41, 5.74) is 4.44. The Morgan fingerprint density at radius 2 is 1.58 bits per heavy atom. The Hall–Kier alpha value is -3.39. The number of aliphatic carboxylic acids is 1. The molecule has 0 aromatic heterocycles. The number of methoxy groups -OCH3 is 1. The number of carboxylic acids is 1. The van der Waals surface area contributed by atoms with Crippen LogP contribution in [-0.2, 0) is 19.1 Å². The van der Waals surface area contributed by atoms with Gasteiger partial charge in [-0.1, -0.05) is 68.3 Å². The lowest BCUT2D eigenvalue weighted by molar-refractivity contribution is -0.143. The van der Waals surface area contributed by atoms with Crippen molar-refractivity contribution in [2.45, 2.75) is 44.2 Å². The van der Waals surface area contributed by atoms with E-state index in [1.807, 2.05) is 43.3 Å². The number of carboxylic acid groups (broad SMARTS) is 1. The summed E-state index contributed by atoms with van der Waals surface area (Å²) in [4.78, 5) is 36.6. The summed E-state index contributed by atoms with van der Waals surface area (Å²) >= 11 is 0. The fourth-order valence-corrected chi connectivity index (χ4v) is 4.07. The predicted molar refractivity (Wildman–Crippen MR) is 123 cm³/mol. The lowest BCUT2D eigenvalue weighted by Gasteiger charge is -2.21. The lowest BCUT2D eigenvalue weighted by atomic mass is 9.98. The highest BCUT2D eigenvalue weighted by Gasteiger charge is 2.30. The number of hydrogen-bond donors (Lipinski definition) is 3. The first-order chi connectivity index (χ1) is 16.0. The Kier molecular flexibility index (Phi) is 8.43. The molecule has 0 saturated carbocycles. The van der Waals surface area contributed by atoms with Gasteiger partial charge in [0.2, 0.25) is 5.91 Å². The molecule has 0 saturated heterocycles. The van der Waals surface area contributed by atoms with Gasteiger partial charge in [0.05, 0.1) is 6.61 Å². The topological polar surface area (TPSA) is 114 Å². The van der Waals surface area contributed by atoms with Gasteiger partial charge < -0.3 is 25.2 Å². The van der Waals surface area contributed by atoms with Gasteiger partial charge in [-0.05, 0) is 28.7 Å². The Bertz CT molecular complexity index is 947. The van der Waals surface area contributed by atoms with Gasteiger partial charge >= 0.3 is 12.1 Å². The average Bonchev–Trinajstić information content (AvgIpc) is 3.13. The molecule has 0 aliphatic heterocycles. The summed E-state index contributed by atoms with van der Waals surface area (Å²) in [5.74, 6) is -1.88. The predicted octanol–water partition coefficient (Wildman–Crippen LogP) is 3.30. The first kappa shape index (κ1) is 24.3. The highest BCUT2D eigenvalue weighted by Crippen LogP contribution is 2.44. The number of benzene rings is 2. The van der Waals surface area contributed by atoms with Gasteiger partial charge in [-0.3, -0.25) is 4.79 Å². The minimum absolute atomic E-state index is 0.0934. The van der Waals surface area contributed by atoms with Crippen molar-refractivity contribution in [3.05, 3.63) is 59.7 Å². The van der Waals surface area contributed by atoms with E-state index in [1.165, 1.54) is 7.11 Å². The van der Waals surface area contributed by atoms with Crippen molar-refractivity contribution in [2.24, 2.45) is 0 Å². The monoisotopic (exact) mass is 454 g/mol. The van der Waals surface area contributed by atoms with Crippen LogP contribution in [0.3, 0.4) is 0 Å². The molecule has 2 amide bonds. The molecule has 2 aromatic carbocycles. The van der Waals surface area contributed by atoms with Gasteiger partial charge in [0.1, 0.15) is 12.6 Å². The second-order valence-corrected chi connectivity index (χ2v) is 8.02. The number of carbonyl (C=O) groups is 3. The Balaban J connectivity index is 1.65. The smallest absolute Gasteiger partial charge is 0.407 e. The maximum Gasteiger partial charge on any atom is 0.407 e. The zero-order chi connectivity index (χ0) is 23.8. The lowest BCUT2D eigenvalue weighted by Crippen LogP contribution is -2.53. The molecular formula is C25H30N2O6. The number of alkyl carbamates (subject to hydrolysis) is 1. The zero-order valence-corrected chi connectivity index (χ0v) is 18.9. The molecule has 2 atom stereocenters. The van der Waals surface area contributed by atoms with Crippen LogP contribution in [0.15, 0.2) is 48.5 Å². The Labute approximate surface area is 193 Å². The molecule has 0 unspecified atom stereocenters. The van der Waals surface area contributed by atoms with Gasteiger partial charge in [0.25, 0.3) is 0 Å². The highest BCUT2D eigenvalue weighted by molar-refractivity contribution is 5.89. The SMILES string of the molecule is CCCC[C@H](NC(=O)OCC1c2ccccc2-c2ccccc21)C(=O)N[C@@H](COC)C(=O)O. The second-order valence-electron chi connectivity index (χ2n) is 8.02. The van der Waals surface area contributed by atoms with Crippen LogP contribution in [0.25, 0.3) is 11.1 Å². The summed E-state index contributed by atoms with van der Waals surface area (Å²) in [6.07, 6.45) is 1.15. The summed E-state index contributed by atoms with van der Waals surface area (Å²) in [5, 5.41) is 14.3. The highest BCUT2D eigenvalue weighted by atomic mass is 16.5. The van der Waals surface area contributed by atoms with Crippen molar-refractivity contribution >= 4 is 18.0 Å². The molecule has 0 radical (unpaired) electrons. The maximum atomic E-state index is 12.7. The molecule has 2 aromatic rings. The number of amides is 2. The van der Waals surface area contributed by atoms with Gasteiger partial charge in [-0.25, -0.2) is 9.59 Å². The van der Waals surface area contributed by atoms with Gasteiger partial charge in [-0.2, -0.15) is 0 Å². The number of hydrogen-bond acceptors (Lipinski definition) is 5. The van der Waals surface area contributed by atoms with Crippen LogP contribution in [0, 0.1) is 0 Å². The third-order valence-electron chi connectivity index (χ3n) is 5.75. The molecule has 8 heteroatoms. The molecule has 33 heavy (non-hydrogen) atoms. The minimum Gasteiger partial charge on any atom is -0.480 e. The van der Waals surface area contributed by atoms with Gasteiger partial charge in [0, 0.05) is 13.0 Å². The van der Waals surface area contributed by atoms with Crippen molar-refractivity contribution in [2.75, 3.05) is 20.3 Å². The maximum absolute atomic E-state index is 12.7. The Morgan fingerprint density at radius 1 is 0.970 bits per heavy atom. The molecule has 0 heterocycles. The van der Waals surface area contributed by atoms with E-state index in [0.29, 0.717) is 12.8 Å². The van der Waals surface area contributed by atoms with Crippen molar-refractivity contribution in [3.8, 4) is 11.1 Å². The van der Waals surface area contributed by atoms with E-state index in [1.54, 1.807) is 0 Å². The quantitative estimate of drug-likeness (QED) is 0.480. The van der Waals surface area contributed by atoms with Crippen LogP contribution in [-0.4, -0.2) is 55.5 Å². The van der Waals surface area contributed by atoms with Crippen molar-refractivity contribution < 1.29 is 29.0 Å². The number of rotatable bonds is 11. The standard InChI is InChI=1S/C25H30N2O6/c1-3-4-13-21(23(28)26-22(15-32-2)24(29)30)27-25(31)33-14-20-18-11-7-5-9-16(18)17-10-6-8-12-19(17)20/h5-12,20-22H,3-4,13-15H2,1-2H3,(H,26,28)(H,27,31)(H,29,30)/t21-,22-/m0/s1. The molecule has 0 bridgehead atoms. The Morgan fingerprint density at radius 3 is 2.12 bits per heavy atom. The molecule has 176 valence electrons. The summed E-state index contributed by atoms with van der Waals surface area (Å²) in [7, 11) is 1.35. The van der Waals surface area contributed by atoms with Crippen molar-refractivity contribution in [3.63, 3.8) is 0 Å². The molecule has 8 nitrogen and oxygen atoms in total. The average molecular weight is 455 g/mol. The largest absolute Gasteiger partial charge is 0.480 e. The summed E-state index contributed by atoms with van der Waals surface area (Å²) in [6, 6.07) is 13.9. The van der Waals surface area contributed by atoms with Gasteiger partial charge in [0.15, 0.2) is 6.04 Å². The molecule has 1 aliphatic carbocycles. The molecule has 0 spiro atoms. The number of unbranched alkanes of at least 4 members (excludes halogenated alkanes) is 1. The third kappa shape index (κ3) is 5.90. The van der Waals surface area contributed by atoms with E-state index in [0.717, 1.165) is 28.7 Å². The molecule has 0 fully saturated rings. The number of ether oxygens (including phenoxy) is 2. The first-order valence-corrected chi connectivity index (χ1v) is 11.1. The van der Waals surface area contributed by atoms with E-state index in [-0.39, 0.29) is 19.1 Å². The summed E-state index contributed by atoms with van der Waals surface area (Å²) in [6.45, 7) is 1.92. The van der Waals surface area contributed by atoms with E-state index < -0.39 is 30.1 Å². The van der Waals surface area contributed by atoms with E-state index >= 15 is 0 Å². The van der Waals surface area contributed by atoms with Crippen LogP contribution in [0.5, 0.6) is 0 Å². The van der Waals surface area contributed by atoms with Gasteiger partial charge in [-0.15, -0.1) is 0 Å². The molecular weight excluding hydrogens is 424 g/mol. The van der Waals surface area contributed by atoms with Crippen LogP contribution in [0.4, 0.5) is 4.79 Å². The fraction of sp³-hybridized carbons (Fsp3) is 0.400. The molecule has 3 rings (SSSR count). The zero-order valence-electron chi connectivity index (χ0n) is 18.9. The first-order valence-electron chi connectivity index (χ1n) is 11.1. The molecule has 3 N–H and O–H groups in total. The van der Waals surface area contributed by atoms with E-state index in [9.17, 15) is 19.5 Å². The van der Waals surface area contributed by atoms with E-state index in [4.69, 9.17) is 9.47 Å². The molecule has 1 aliphatic rings. The van der Waals surface area contributed by atoms with Crippen LogP contribution in [0.1, 0.15) is 43.2 Å². The van der Waals surface area contributed by atoms with Crippen molar-refractivity contribution in [1.29, 1.82) is 0 Å². The van der Waals surface area contributed by atoms with Crippen LogP contribution >= 0.6 is 0 Å². The second kappa shape index (κ2) is 11.5. The minimum atomic E-state index is -1.21. The van der Waals surface area contributed by atoms with Crippen LogP contribution in [0.2, 0.25) is 0 Å². The van der Waals surface area contributed by atoms with Crippen molar-refractivity contribution in [1.82, 2.24) is 10.6 Å². The normalized spacial score (nSPS) is 14.0. The van der Waals surface area contributed by atoms with E-state index in [2.05, 4.69) is 22.8 Å². The fourth-order valence-electron chi connectivity index (χ4n) is 4.07. The number of carbonyl (C=O) groups excluding carboxylic acids is 2. The summed E-state index contributed by atoms with van der Waals surface area (Å²) < 4.78 is 10.4. The number of fused-ring (bicyclic) bond motifs is 3. The number of nitrogens with one attached hydrogen (secondary N) is 2.